The summed E-state index contributed by atoms with van der Waals surface area (Å²) in [6.07, 6.45) is -1.80. The number of carboxylic acids is 1. The molecule has 0 heterocycles. The number of aliphatic carboxylic acids is 1. The molecule has 0 aliphatic carbocycles. The van der Waals surface area contributed by atoms with Gasteiger partial charge < -0.3 is 10.2 Å². The summed E-state index contributed by atoms with van der Waals surface area (Å²) < 4.78 is 0. The van der Waals surface area contributed by atoms with Gasteiger partial charge in [-0.1, -0.05) is 0 Å². The lowest BCUT2D eigenvalue weighted by Crippen LogP contribution is -2.12. The minimum atomic E-state index is -1.80. The van der Waals surface area contributed by atoms with Crippen molar-refractivity contribution in [2.24, 2.45) is 0 Å². The van der Waals surface area contributed by atoms with E-state index in [0.717, 1.165) is 12.1 Å². The molecule has 0 aliphatic heterocycles. The van der Waals surface area contributed by atoms with Crippen molar-refractivity contribution in [1.82, 2.24) is 0 Å². The van der Waals surface area contributed by atoms with Crippen LogP contribution in [-0.4, -0.2) is 21.1 Å². The molecule has 0 bridgehead atoms. The number of nitrogens with zero attached hydrogens (tertiary/aromatic N) is 2. The Labute approximate surface area is 95.7 Å². The first-order valence-corrected chi connectivity index (χ1v) is 4.48. The Bertz CT molecular complexity index is 532. The van der Waals surface area contributed by atoms with Gasteiger partial charge in [0.05, 0.1) is 4.92 Å². The van der Waals surface area contributed by atoms with E-state index in [1.54, 1.807) is 6.07 Å². The zero-order valence-corrected chi connectivity index (χ0v) is 8.75. The van der Waals surface area contributed by atoms with Crippen LogP contribution in [0.5, 0.6) is 0 Å². The highest BCUT2D eigenvalue weighted by Gasteiger charge is 2.23. The highest BCUT2D eigenvalue weighted by molar-refractivity contribution is 5.75. The largest absolute Gasteiger partial charge is 0.479 e. The van der Waals surface area contributed by atoms with Crippen molar-refractivity contribution in [3.8, 4) is 6.07 Å². The quantitative estimate of drug-likeness (QED) is 0.593. The highest BCUT2D eigenvalue weighted by atomic mass is 16.6. The van der Waals surface area contributed by atoms with E-state index in [1.807, 2.05) is 0 Å². The van der Waals surface area contributed by atoms with Gasteiger partial charge in [0.1, 0.15) is 11.6 Å². The first-order chi connectivity index (χ1) is 7.88. The number of aliphatic hydroxyl groups is 1. The van der Waals surface area contributed by atoms with Gasteiger partial charge in [0.2, 0.25) is 0 Å². The Morgan fingerprint density at radius 2 is 2.18 bits per heavy atom. The molecule has 1 aromatic rings. The summed E-state index contributed by atoms with van der Waals surface area (Å²) in [5.74, 6) is -1.48. The van der Waals surface area contributed by atoms with Gasteiger partial charge in [-0.25, -0.2) is 4.79 Å². The van der Waals surface area contributed by atoms with E-state index < -0.39 is 22.7 Å². The van der Waals surface area contributed by atoms with E-state index in [9.17, 15) is 20.0 Å². The summed E-state index contributed by atoms with van der Waals surface area (Å²) in [5.41, 5.74) is -0.479. The van der Waals surface area contributed by atoms with Crippen LogP contribution in [-0.2, 0) is 4.79 Å². The molecule has 17 heavy (non-hydrogen) atoms. The van der Waals surface area contributed by atoms with Gasteiger partial charge in [0, 0.05) is 6.07 Å². The molecule has 0 saturated carbocycles. The third kappa shape index (κ3) is 2.38. The lowest BCUT2D eigenvalue weighted by molar-refractivity contribution is -0.385. The molecule has 0 amide bonds. The molecule has 1 atom stereocenters. The molecule has 1 aromatic carbocycles. The summed E-state index contributed by atoms with van der Waals surface area (Å²) in [4.78, 5) is 20.5. The Hall–Kier alpha value is -2.46. The SMILES string of the molecule is Cc1cc([N+](=O)[O-])c(C#N)cc1C(O)C(=O)O. The average Bonchev–Trinajstić information content (AvgIpc) is 2.27. The van der Waals surface area contributed by atoms with Crippen LogP contribution in [0.3, 0.4) is 0 Å². The molecule has 88 valence electrons. The maximum Gasteiger partial charge on any atom is 0.337 e. The summed E-state index contributed by atoms with van der Waals surface area (Å²) in [6.45, 7) is 1.43. The zero-order chi connectivity index (χ0) is 13.2. The van der Waals surface area contributed by atoms with E-state index >= 15 is 0 Å². The van der Waals surface area contributed by atoms with Crippen LogP contribution >= 0.6 is 0 Å². The van der Waals surface area contributed by atoms with E-state index in [0.29, 0.717) is 0 Å². The normalized spacial score (nSPS) is 11.6. The molecule has 7 heteroatoms. The monoisotopic (exact) mass is 236 g/mol. The molecular formula is C10H8N2O5. The third-order valence-corrected chi connectivity index (χ3v) is 2.23. The van der Waals surface area contributed by atoms with Crippen LogP contribution in [0.15, 0.2) is 12.1 Å². The molecule has 0 aromatic heterocycles. The Kier molecular flexibility index (Phi) is 3.40. The first-order valence-electron chi connectivity index (χ1n) is 4.48. The molecule has 1 rings (SSSR count). The number of aliphatic hydroxyl groups excluding tert-OH is 1. The Morgan fingerprint density at radius 1 is 1.59 bits per heavy atom. The number of rotatable bonds is 3. The van der Waals surface area contributed by atoms with Crippen LogP contribution in [0, 0.1) is 28.4 Å². The second-order valence-electron chi connectivity index (χ2n) is 3.34. The molecule has 7 nitrogen and oxygen atoms in total. The van der Waals surface area contributed by atoms with Gasteiger partial charge >= 0.3 is 5.97 Å². The maximum atomic E-state index is 10.6. The Balaban J connectivity index is 3.43. The Morgan fingerprint density at radius 3 is 2.59 bits per heavy atom. The fourth-order valence-corrected chi connectivity index (χ4v) is 1.38. The molecule has 0 saturated heterocycles. The van der Waals surface area contributed by atoms with Crippen molar-refractivity contribution in [3.05, 3.63) is 38.9 Å². The number of nitriles is 1. The predicted octanol–water partition coefficient (Wildman–Crippen LogP) is 0.893. The third-order valence-electron chi connectivity index (χ3n) is 2.23. The van der Waals surface area contributed by atoms with Crippen LogP contribution in [0.1, 0.15) is 22.8 Å². The van der Waals surface area contributed by atoms with Crippen LogP contribution < -0.4 is 0 Å². The fraction of sp³-hybridized carbons (Fsp3) is 0.200. The number of carboxylic acid groups (broad SMARTS) is 1. The molecule has 0 radical (unpaired) electrons. The van der Waals surface area contributed by atoms with Crippen LogP contribution in [0.4, 0.5) is 5.69 Å². The first kappa shape index (κ1) is 12.6. The number of nitro groups is 1. The van der Waals surface area contributed by atoms with E-state index in [2.05, 4.69) is 0 Å². The van der Waals surface area contributed by atoms with Gasteiger partial charge in [-0.05, 0) is 24.1 Å². The number of hydrogen-bond acceptors (Lipinski definition) is 5. The van der Waals surface area contributed by atoms with Gasteiger partial charge in [-0.3, -0.25) is 10.1 Å². The second-order valence-corrected chi connectivity index (χ2v) is 3.34. The molecule has 2 N–H and O–H groups in total. The molecule has 0 fully saturated rings. The van der Waals surface area contributed by atoms with Crippen molar-refractivity contribution in [2.75, 3.05) is 0 Å². The number of nitro benzene ring substituents is 1. The van der Waals surface area contributed by atoms with Gasteiger partial charge in [-0.15, -0.1) is 0 Å². The molecule has 0 spiro atoms. The van der Waals surface area contributed by atoms with Crippen molar-refractivity contribution in [3.63, 3.8) is 0 Å². The number of carbonyl (C=O) groups is 1. The van der Waals surface area contributed by atoms with Crippen molar-refractivity contribution in [1.29, 1.82) is 5.26 Å². The minimum absolute atomic E-state index is 0.0281. The van der Waals surface area contributed by atoms with Crippen LogP contribution in [0.2, 0.25) is 0 Å². The van der Waals surface area contributed by atoms with E-state index in [-0.39, 0.29) is 16.7 Å². The van der Waals surface area contributed by atoms with Crippen molar-refractivity contribution >= 4 is 11.7 Å². The standard InChI is InChI=1S/C10H8N2O5/c1-5-2-8(12(16)17)6(4-11)3-7(5)9(13)10(14)15/h2-3,9,13H,1H3,(H,14,15). The summed E-state index contributed by atoms with van der Waals surface area (Å²) in [6, 6.07) is 3.68. The smallest absolute Gasteiger partial charge is 0.337 e. The predicted molar refractivity (Wildman–Crippen MR) is 55.1 cm³/mol. The number of hydrogen-bond donors (Lipinski definition) is 2. The molecular weight excluding hydrogens is 228 g/mol. The topological polar surface area (TPSA) is 124 Å². The van der Waals surface area contributed by atoms with Crippen molar-refractivity contribution < 1.29 is 19.9 Å². The lowest BCUT2D eigenvalue weighted by atomic mass is 9.99. The zero-order valence-electron chi connectivity index (χ0n) is 8.75. The molecule has 1 unspecified atom stereocenters. The second kappa shape index (κ2) is 4.59. The summed E-state index contributed by atoms with van der Waals surface area (Å²) in [7, 11) is 0. The number of benzene rings is 1. The number of aryl methyl sites for hydroxylation is 1. The highest BCUT2D eigenvalue weighted by Crippen LogP contribution is 2.26. The van der Waals surface area contributed by atoms with Gasteiger partial charge in [0.15, 0.2) is 6.10 Å². The summed E-state index contributed by atoms with van der Waals surface area (Å²) >= 11 is 0. The minimum Gasteiger partial charge on any atom is -0.479 e. The molecule has 0 aliphatic rings. The summed E-state index contributed by atoms with van der Waals surface area (Å²) in [5, 5.41) is 37.3. The van der Waals surface area contributed by atoms with Gasteiger partial charge in [0.25, 0.3) is 5.69 Å². The van der Waals surface area contributed by atoms with Crippen LogP contribution in [0.25, 0.3) is 0 Å². The maximum absolute atomic E-state index is 10.6. The van der Waals surface area contributed by atoms with E-state index in [1.165, 1.54) is 6.92 Å². The average molecular weight is 236 g/mol. The van der Waals surface area contributed by atoms with Gasteiger partial charge in [-0.2, -0.15) is 5.26 Å². The van der Waals surface area contributed by atoms with E-state index in [4.69, 9.17) is 10.4 Å². The van der Waals surface area contributed by atoms with Crippen molar-refractivity contribution in [2.45, 2.75) is 13.0 Å². The lowest BCUT2D eigenvalue weighted by Gasteiger charge is -2.09. The fourth-order valence-electron chi connectivity index (χ4n) is 1.38.